The summed E-state index contributed by atoms with van der Waals surface area (Å²) in [7, 11) is 1.58. The van der Waals surface area contributed by atoms with Crippen molar-refractivity contribution >= 4 is 21.8 Å². The van der Waals surface area contributed by atoms with Gasteiger partial charge in [0.15, 0.2) is 0 Å². The van der Waals surface area contributed by atoms with Gasteiger partial charge in [0.1, 0.15) is 5.75 Å². The summed E-state index contributed by atoms with van der Waals surface area (Å²) in [4.78, 5) is 11.6. The monoisotopic (exact) mass is 281 g/mol. The van der Waals surface area contributed by atoms with Crippen molar-refractivity contribution in [2.75, 3.05) is 13.7 Å². The molecule has 0 unspecified atom stereocenters. The van der Waals surface area contributed by atoms with E-state index in [0.29, 0.717) is 17.9 Å². The van der Waals surface area contributed by atoms with Gasteiger partial charge in [-0.3, -0.25) is 4.79 Å². The van der Waals surface area contributed by atoms with Gasteiger partial charge in [-0.2, -0.15) is 0 Å². The predicted molar refractivity (Wildman–Crippen MR) is 66.5 cm³/mol. The Hall–Kier alpha value is -1.47. The van der Waals surface area contributed by atoms with Crippen LogP contribution in [0.2, 0.25) is 0 Å². The molecule has 1 amide bonds. The lowest BCUT2D eigenvalue weighted by Gasteiger charge is -2.05. The van der Waals surface area contributed by atoms with Crippen molar-refractivity contribution in [3.8, 4) is 17.6 Å². The molecule has 1 aromatic rings. The van der Waals surface area contributed by atoms with Gasteiger partial charge >= 0.3 is 0 Å². The first-order valence-electron chi connectivity index (χ1n) is 4.70. The van der Waals surface area contributed by atoms with E-state index in [0.717, 1.165) is 4.47 Å². The number of nitrogens with one attached hydrogen (secondary N) is 1. The Bertz CT molecular complexity index is 446. The molecule has 0 spiro atoms. The SMILES string of the molecule is CC#CCNC(=O)c1ccc(OC)c(Br)c1. The minimum Gasteiger partial charge on any atom is -0.496 e. The van der Waals surface area contributed by atoms with Crippen LogP contribution in [0.25, 0.3) is 0 Å². The van der Waals surface area contributed by atoms with Crippen LogP contribution in [0.1, 0.15) is 17.3 Å². The molecule has 84 valence electrons. The first-order chi connectivity index (χ1) is 7.69. The number of carbonyl (C=O) groups is 1. The molecule has 0 saturated heterocycles. The highest BCUT2D eigenvalue weighted by atomic mass is 79.9. The van der Waals surface area contributed by atoms with E-state index < -0.39 is 0 Å². The first kappa shape index (κ1) is 12.6. The normalized spacial score (nSPS) is 8.94. The topological polar surface area (TPSA) is 38.3 Å². The maximum Gasteiger partial charge on any atom is 0.252 e. The van der Waals surface area contributed by atoms with Crippen molar-refractivity contribution in [3.05, 3.63) is 28.2 Å². The van der Waals surface area contributed by atoms with Crippen LogP contribution >= 0.6 is 15.9 Å². The fraction of sp³-hybridized carbons (Fsp3) is 0.250. The molecular formula is C12H12BrNO2. The Morgan fingerprint density at radius 2 is 2.31 bits per heavy atom. The van der Waals surface area contributed by atoms with E-state index in [-0.39, 0.29) is 5.91 Å². The third kappa shape index (κ3) is 3.28. The molecule has 0 aliphatic rings. The summed E-state index contributed by atoms with van der Waals surface area (Å²) in [6, 6.07) is 5.16. The van der Waals surface area contributed by atoms with E-state index in [1.807, 2.05) is 0 Å². The lowest BCUT2D eigenvalue weighted by Crippen LogP contribution is -2.23. The molecule has 1 N–H and O–H groups in total. The molecule has 0 bridgehead atoms. The Morgan fingerprint density at radius 3 is 2.88 bits per heavy atom. The maximum absolute atomic E-state index is 11.6. The molecule has 0 aliphatic carbocycles. The molecular weight excluding hydrogens is 270 g/mol. The minimum absolute atomic E-state index is 0.147. The molecule has 0 atom stereocenters. The van der Waals surface area contributed by atoms with Gasteiger partial charge in [-0.1, -0.05) is 5.92 Å². The van der Waals surface area contributed by atoms with E-state index >= 15 is 0 Å². The van der Waals surface area contributed by atoms with E-state index in [4.69, 9.17) is 4.74 Å². The third-order valence-corrected chi connectivity index (χ3v) is 2.55. The average molecular weight is 282 g/mol. The fourth-order valence-electron chi connectivity index (χ4n) is 1.12. The van der Waals surface area contributed by atoms with Crippen molar-refractivity contribution in [3.63, 3.8) is 0 Å². The van der Waals surface area contributed by atoms with Gasteiger partial charge in [-0.05, 0) is 41.1 Å². The van der Waals surface area contributed by atoms with Crippen LogP contribution in [0.15, 0.2) is 22.7 Å². The fourth-order valence-corrected chi connectivity index (χ4v) is 1.66. The zero-order chi connectivity index (χ0) is 12.0. The summed E-state index contributed by atoms with van der Waals surface area (Å²) in [5, 5.41) is 2.69. The summed E-state index contributed by atoms with van der Waals surface area (Å²) in [6.07, 6.45) is 0. The van der Waals surface area contributed by atoms with E-state index in [1.54, 1.807) is 32.2 Å². The van der Waals surface area contributed by atoms with Crippen molar-refractivity contribution in [1.82, 2.24) is 5.32 Å². The van der Waals surface area contributed by atoms with Gasteiger partial charge in [0.2, 0.25) is 0 Å². The Balaban J connectivity index is 2.75. The van der Waals surface area contributed by atoms with Gasteiger partial charge in [0.25, 0.3) is 5.91 Å². The van der Waals surface area contributed by atoms with Crippen LogP contribution in [0.4, 0.5) is 0 Å². The first-order valence-corrected chi connectivity index (χ1v) is 5.49. The van der Waals surface area contributed by atoms with Crippen LogP contribution in [-0.2, 0) is 0 Å². The zero-order valence-electron chi connectivity index (χ0n) is 9.13. The van der Waals surface area contributed by atoms with Crippen molar-refractivity contribution < 1.29 is 9.53 Å². The number of halogens is 1. The summed E-state index contributed by atoms with van der Waals surface area (Å²) >= 11 is 3.32. The zero-order valence-corrected chi connectivity index (χ0v) is 10.7. The molecule has 0 fully saturated rings. The number of amides is 1. The van der Waals surface area contributed by atoms with Crippen LogP contribution < -0.4 is 10.1 Å². The molecule has 0 saturated carbocycles. The number of hydrogen-bond acceptors (Lipinski definition) is 2. The molecule has 16 heavy (non-hydrogen) atoms. The Labute approximate surface area is 103 Å². The lowest BCUT2D eigenvalue weighted by molar-refractivity contribution is 0.0958. The summed E-state index contributed by atoms with van der Waals surface area (Å²) in [6.45, 7) is 2.09. The standard InChI is InChI=1S/C12H12BrNO2/c1-3-4-7-14-12(15)9-5-6-11(16-2)10(13)8-9/h5-6,8H,7H2,1-2H3,(H,14,15). The van der Waals surface area contributed by atoms with Crippen LogP contribution in [0.3, 0.4) is 0 Å². The van der Waals surface area contributed by atoms with E-state index in [2.05, 4.69) is 33.1 Å². The molecule has 0 radical (unpaired) electrons. The third-order valence-electron chi connectivity index (χ3n) is 1.93. The summed E-state index contributed by atoms with van der Waals surface area (Å²) in [5.41, 5.74) is 0.575. The summed E-state index contributed by atoms with van der Waals surface area (Å²) in [5.74, 6) is 6.03. The molecule has 0 heterocycles. The second kappa shape index (κ2) is 6.19. The average Bonchev–Trinajstić information content (AvgIpc) is 2.29. The molecule has 0 aliphatic heterocycles. The van der Waals surface area contributed by atoms with Crippen LogP contribution in [0, 0.1) is 11.8 Å². The number of benzene rings is 1. The number of carbonyl (C=O) groups excluding carboxylic acids is 1. The second-order valence-corrected chi connectivity index (χ2v) is 3.81. The highest BCUT2D eigenvalue weighted by Gasteiger charge is 2.07. The van der Waals surface area contributed by atoms with Gasteiger partial charge in [0.05, 0.1) is 18.1 Å². The minimum atomic E-state index is -0.147. The number of hydrogen-bond donors (Lipinski definition) is 1. The van der Waals surface area contributed by atoms with E-state index in [1.165, 1.54) is 0 Å². The number of rotatable bonds is 3. The summed E-state index contributed by atoms with van der Waals surface area (Å²) < 4.78 is 5.83. The quantitative estimate of drug-likeness (QED) is 0.863. The smallest absolute Gasteiger partial charge is 0.252 e. The van der Waals surface area contributed by atoms with Gasteiger partial charge in [-0.15, -0.1) is 5.92 Å². The Morgan fingerprint density at radius 1 is 1.56 bits per heavy atom. The molecule has 4 heteroatoms. The predicted octanol–water partition coefficient (Wildman–Crippen LogP) is 2.21. The van der Waals surface area contributed by atoms with Gasteiger partial charge in [0, 0.05) is 5.56 Å². The largest absolute Gasteiger partial charge is 0.496 e. The lowest BCUT2D eigenvalue weighted by atomic mass is 10.2. The maximum atomic E-state index is 11.6. The van der Waals surface area contributed by atoms with Crippen molar-refractivity contribution in [2.45, 2.75) is 6.92 Å². The Kier molecular flexibility index (Phi) is 4.87. The molecule has 1 aromatic carbocycles. The van der Waals surface area contributed by atoms with Crippen LogP contribution in [-0.4, -0.2) is 19.6 Å². The van der Waals surface area contributed by atoms with Gasteiger partial charge < -0.3 is 10.1 Å². The highest BCUT2D eigenvalue weighted by Crippen LogP contribution is 2.25. The number of ether oxygens (including phenoxy) is 1. The second-order valence-electron chi connectivity index (χ2n) is 2.96. The van der Waals surface area contributed by atoms with Crippen molar-refractivity contribution in [1.29, 1.82) is 0 Å². The number of methoxy groups -OCH3 is 1. The van der Waals surface area contributed by atoms with E-state index in [9.17, 15) is 4.79 Å². The van der Waals surface area contributed by atoms with Gasteiger partial charge in [-0.25, -0.2) is 0 Å². The van der Waals surface area contributed by atoms with Crippen LogP contribution in [0.5, 0.6) is 5.75 Å². The molecule has 0 aromatic heterocycles. The molecule has 1 rings (SSSR count). The van der Waals surface area contributed by atoms with Crippen molar-refractivity contribution in [2.24, 2.45) is 0 Å². The molecule has 3 nitrogen and oxygen atoms in total. The highest BCUT2D eigenvalue weighted by molar-refractivity contribution is 9.10.